The van der Waals surface area contributed by atoms with Crippen LogP contribution in [-0.2, 0) is 9.53 Å². The van der Waals surface area contributed by atoms with E-state index in [-0.39, 0.29) is 23.9 Å². The second kappa shape index (κ2) is 8.11. The third kappa shape index (κ3) is 3.87. The Hall–Kier alpha value is -2.67. The van der Waals surface area contributed by atoms with Gasteiger partial charge in [0.05, 0.1) is 19.3 Å². The van der Waals surface area contributed by atoms with Crippen molar-refractivity contribution in [2.75, 3.05) is 41.4 Å². The van der Waals surface area contributed by atoms with E-state index >= 15 is 0 Å². The van der Waals surface area contributed by atoms with Gasteiger partial charge in [-0.2, -0.15) is 0 Å². The molecule has 0 bridgehead atoms. The Morgan fingerprint density at radius 1 is 1.19 bits per heavy atom. The Morgan fingerprint density at radius 2 is 1.97 bits per heavy atom. The van der Waals surface area contributed by atoms with E-state index < -0.39 is 0 Å². The van der Waals surface area contributed by atoms with Crippen LogP contribution in [0.1, 0.15) is 44.0 Å². The molecule has 31 heavy (non-hydrogen) atoms. The van der Waals surface area contributed by atoms with E-state index in [1.807, 2.05) is 13.0 Å². The molecule has 1 aliphatic carbocycles. The summed E-state index contributed by atoms with van der Waals surface area (Å²) in [6.45, 7) is 9.19. The number of benzene rings is 1. The van der Waals surface area contributed by atoms with E-state index in [0.29, 0.717) is 11.9 Å². The van der Waals surface area contributed by atoms with Gasteiger partial charge < -0.3 is 19.9 Å². The zero-order chi connectivity index (χ0) is 21.5. The molecule has 7 heteroatoms. The number of ether oxygens (including phenoxy) is 1. The number of morpholine rings is 1. The molecule has 0 radical (unpaired) electrons. The quantitative estimate of drug-likeness (QED) is 0.814. The number of nitrogens with one attached hydrogen (secondary N) is 1. The third-order valence-electron chi connectivity index (χ3n) is 6.87. The lowest BCUT2D eigenvalue weighted by atomic mass is 9.79. The van der Waals surface area contributed by atoms with Crippen LogP contribution >= 0.6 is 0 Å². The van der Waals surface area contributed by atoms with Crippen molar-refractivity contribution in [3.8, 4) is 0 Å². The zero-order valence-electron chi connectivity index (χ0n) is 18.5. The molecule has 1 aromatic heterocycles. The summed E-state index contributed by atoms with van der Waals surface area (Å²) in [5.74, 6) is 1.57. The first-order chi connectivity index (χ1) is 15.0. The van der Waals surface area contributed by atoms with Crippen LogP contribution in [-0.4, -0.2) is 48.2 Å². The fraction of sp³-hybridized carbons (Fsp3) is 0.542. The number of aromatic nitrogens is 2. The number of anilines is 3. The predicted octanol–water partition coefficient (Wildman–Crippen LogP) is 3.56. The summed E-state index contributed by atoms with van der Waals surface area (Å²) in [6, 6.07) is 8.68. The Kier molecular flexibility index (Phi) is 5.30. The Morgan fingerprint density at radius 3 is 2.65 bits per heavy atom. The molecule has 2 fully saturated rings. The van der Waals surface area contributed by atoms with Crippen LogP contribution < -0.4 is 15.1 Å². The third-order valence-corrected chi connectivity index (χ3v) is 6.87. The van der Waals surface area contributed by atoms with Crippen LogP contribution in [0.15, 0.2) is 30.5 Å². The molecule has 3 aliphatic rings. The van der Waals surface area contributed by atoms with Crippen LogP contribution in [0.25, 0.3) is 0 Å². The second-order valence-electron chi connectivity index (χ2n) is 9.06. The van der Waals surface area contributed by atoms with Gasteiger partial charge in [-0.05, 0) is 49.9 Å². The Labute approximate surface area is 183 Å². The fourth-order valence-corrected chi connectivity index (χ4v) is 5.23. The molecule has 164 valence electrons. The molecule has 2 unspecified atom stereocenters. The molecule has 3 atom stereocenters. The van der Waals surface area contributed by atoms with Crippen molar-refractivity contribution < 1.29 is 9.53 Å². The van der Waals surface area contributed by atoms with Crippen LogP contribution in [0.2, 0.25) is 0 Å². The van der Waals surface area contributed by atoms with Crippen molar-refractivity contribution in [1.82, 2.24) is 9.97 Å². The number of amides is 1. The SMILES string of the molecule is CC(=O)N1c2ccc(N3CCOCC3)cc2[C@H](Nc2nccc(C)n2)C(C)C1C1CC1. The van der Waals surface area contributed by atoms with Crippen LogP contribution in [0.5, 0.6) is 0 Å². The van der Waals surface area contributed by atoms with Crippen molar-refractivity contribution in [2.45, 2.75) is 45.7 Å². The molecular weight excluding hydrogens is 390 g/mol. The molecule has 2 aliphatic heterocycles. The highest BCUT2D eigenvalue weighted by atomic mass is 16.5. The molecule has 7 nitrogen and oxygen atoms in total. The van der Waals surface area contributed by atoms with Gasteiger partial charge in [-0.25, -0.2) is 9.97 Å². The Bertz CT molecular complexity index is 970. The molecule has 3 heterocycles. The number of carbonyl (C=O) groups excluding carboxylic acids is 1. The smallest absolute Gasteiger partial charge is 0.224 e. The van der Waals surface area contributed by atoms with Crippen molar-refractivity contribution >= 4 is 23.2 Å². The molecule has 0 spiro atoms. The lowest BCUT2D eigenvalue weighted by Gasteiger charge is -2.46. The second-order valence-corrected chi connectivity index (χ2v) is 9.06. The summed E-state index contributed by atoms with van der Waals surface area (Å²) in [5.41, 5.74) is 4.28. The summed E-state index contributed by atoms with van der Waals surface area (Å²) >= 11 is 0. The number of aryl methyl sites for hydroxylation is 1. The number of hydrogen-bond acceptors (Lipinski definition) is 6. The van der Waals surface area contributed by atoms with Gasteiger partial charge in [0, 0.05) is 60.8 Å². The van der Waals surface area contributed by atoms with E-state index in [2.05, 4.69) is 50.2 Å². The average molecular weight is 422 g/mol. The van der Waals surface area contributed by atoms with Crippen molar-refractivity contribution in [3.05, 3.63) is 41.7 Å². The van der Waals surface area contributed by atoms with Crippen molar-refractivity contribution in [1.29, 1.82) is 0 Å². The van der Waals surface area contributed by atoms with Gasteiger partial charge in [0.15, 0.2) is 0 Å². The highest BCUT2D eigenvalue weighted by Gasteiger charge is 2.47. The molecule has 1 amide bonds. The van der Waals surface area contributed by atoms with Crippen LogP contribution in [0.4, 0.5) is 17.3 Å². The van der Waals surface area contributed by atoms with Crippen molar-refractivity contribution in [3.63, 3.8) is 0 Å². The molecule has 1 saturated carbocycles. The number of carbonyl (C=O) groups is 1. The van der Waals surface area contributed by atoms with E-state index in [1.165, 1.54) is 18.5 Å². The summed E-state index contributed by atoms with van der Waals surface area (Å²) in [4.78, 5) is 26.3. The number of rotatable bonds is 4. The highest BCUT2D eigenvalue weighted by Crippen LogP contribution is 2.50. The van der Waals surface area contributed by atoms with Crippen LogP contribution in [0.3, 0.4) is 0 Å². The topological polar surface area (TPSA) is 70.6 Å². The summed E-state index contributed by atoms with van der Waals surface area (Å²) in [7, 11) is 0. The van der Waals surface area contributed by atoms with Gasteiger partial charge in [0.2, 0.25) is 11.9 Å². The first-order valence-corrected chi connectivity index (χ1v) is 11.4. The summed E-state index contributed by atoms with van der Waals surface area (Å²) in [5, 5.41) is 3.63. The molecular formula is C24H31N5O2. The van der Waals surface area contributed by atoms with Gasteiger partial charge >= 0.3 is 0 Å². The monoisotopic (exact) mass is 421 g/mol. The maximum Gasteiger partial charge on any atom is 0.224 e. The molecule has 1 saturated heterocycles. The van der Waals surface area contributed by atoms with Gasteiger partial charge in [-0.15, -0.1) is 0 Å². The van der Waals surface area contributed by atoms with Gasteiger partial charge in [-0.1, -0.05) is 6.92 Å². The minimum Gasteiger partial charge on any atom is -0.378 e. The first kappa shape index (κ1) is 20.2. The molecule has 5 rings (SSSR count). The minimum atomic E-state index is 0.0407. The van der Waals surface area contributed by atoms with E-state index in [1.54, 1.807) is 13.1 Å². The predicted molar refractivity (Wildman–Crippen MR) is 121 cm³/mol. The lowest BCUT2D eigenvalue weighted by Crippen LogP contribution is -2.51. The van der Waals surface area contributed by atoms with E-state index in [0.717, 1.165) is 43.2 Å². The normalized spacial score (nSPS) is 25.8. The first-order valence-electron chi connectivity index (χ1n) is 11.4. The maximum atomic E-state index is 12.8. The lowest BCUT2D eigenvalue weighted by molar-refractivity contribution is -0.117. The largest absolute Gasteiger partial charge is 0.378 e. The standard InChI is InChI=1S/C24H31N5O2/c1-15-8-9-25-24(26-15)27-22-16(2)23(18-4-5-18)29(17(3)30)21-7-6-19(14-20(21)22)28-10-12-31-13-11-28/h6-9,14,16,18,22-23H,4-5,10-13H2,1-3H3,(H,25,26,27)/t16?,22-,23?/m1/s1. The minimum absolute atomic E-state index is 0.0407. The fourth-order valence-electron chi connectivity index (χ4n) is 5.23. The summed E-state index contributed by atoms with van der Waals surface area (Å²) in [6.07, 6.45) is 4.17. The summed E-state index contributed by atoms with van der Waals surface area (Å²) < 4.78 is 5.53. The van der Waals surface area contributed by atoms with Gasteiger partial charge in [-0.3, -0.25) is 4.79 Å². The van der Waals surface area contributed by atoms with E-state index in [4.69, 9.17) is 4.74 Å². The molecule has 1 aromatic carbocycles. The van der Waals surface area contributed by atoms with Gasteiger partial charge in [0.1, 0.15) is 0 Å². The number of hydrogen-bond donors (Lipinski definition) is 1. The molecule has 1 N–H and O–H groups in total. The van der Waals surface area contributed by atoms with Crippen molar-refractivity contribution in [2.24, 2.45) is 11.8 Å². The highest BCUT2D eigenvalue weighted by molar-refractivity contribution is 5.94. The van der Waals surface area contributed by atoms with Crippen LogP contribution in [0, 0.1) is 18.8 Å². The van der Waals surface area contributed by atoms with E-state index in [9.17, 15) is 4.79 Å². The van der Waals surface area contributed by atoms with Gasteiger partial charge in [0.25, 0.3) is 0 Å². The maximum absolute atomic E-state index is 12.8. The number of fused-ring (bicyclic) bond motifs is 1. The Balaban J connectivity index is 1.58. The number of nitrogens with zero attached hydrogens (tertiary/aromatic N) is 4. The molecule has 2 aromatic rings. The average Bonchev–Trinajstić information content (AvgIpc) is 3.60. The zero-order valence-corrected chi connectivity index (χ0v) is 18.5.